The third-order valence-corrected chi connectivity index (χ3v) is 7.78. The molecule has 9 heteroatoms. The van der Waals surface area contributed by atoms with Gasteiger partial charge in [0.1, 0.15) is 11.4 Å². The zero-order valence-electron chi connectivity index (χ0n) is 23.4. The molecule has 3 atom stereocenters. The Balaban J connectivity index is 0.000000279. The molecule has 6 nitrogen and oxygen atoms in total. The number of carbonyl (C=O) groups is 1. The van der Waals surface area contributed by atoms with Crippen LogP contribution in [0.1, 0.15) is 65.0 Å². The van der Waals surface area contributed by atoms with Crippen molar-refractivity contribution in [3.8, 4) is 5.75 Å². The molecule has 0 aliphatic carbocycles. The number of pyridine rings is 1. The summed E-state index contributed by atoms with van der Waals surface area (Å²) in [6, 6.07) is 8.32. The van der Waals surface area contributed by atoms with Crippen LogP contribution in [-0.2, 0) is 6.18 Å². The lowest BCUT2D eigenvalue weighted by Gasteiger charge is -2.37. The van der Waals surface area contributed by atoms with E-state index in [9.17, 15) is 18.0 Å². The summed E-state index contributed by atoms with van der Waals surface area (Å²) in [5.74, 6) is 1.06. The summed E-state index contributed by atoms with van der Waals surface area (Å²) in [4.78, 5) is 20.8. The van der Waals surface area contributed by atoms with Gasteiger partial charge in [0.25, 0.3) is 0 Å². The first-order chi connectivity index (χ1) is 17.9. The fourth-order valence-electron chi connectivity index (χ4n) is 5.33. The fraction of sp³-hybridized carbons (Fsp3) is 0.586. The molecule has 2 aliphatic rings. The minimum atomic E-state index is -4.39. The minimum absolute atomic E-state index is 0.0111. The van der Waals surface area contributed by atoms with Gasteiger partial charge < -0.3 is 14.5 Å². The number of alkyl halides is 3. The number of likely N-dealkylation sites (N-methyl/N-ethyl adjacent to an activating group) is 1. The first-order valence-corrected chi connectivity index (χ1v) is 13.2. The van der Waals surface area contributed by atoms with Crippen LogP contribution in [0.4, 0.5) is 13.2 Å². The van der Waals surface area contributed by atoms with Crippen molar-refractivity contribution in [2.24, 2.45) is 0 Å². The normalized spacial score (nSPS) is 20.4. The molecule has 0 N–H and O–H groups in total. The van der Waals surface area contributed by atoms with E-state index in [0.29, 0.717) is 18.5 Å². The van der Waals surface area contributed by atoms with E-state index in [4.69, 9.17) is 4.74 Å². The molecule has 4 rings (SSSR count). The van der Waals surface area contributed by atoms with Crippen LogP contribution in [0.25, 0.3) is 0 Å². The largest absolute Gasteiger partial charge is 0.493 e. The first kappa shape index (κ1) is 30.1. The predicted molar refractivity (Wildman–Crippen MR) is 144 cm³/mol. The number of aromatic nitrogens is 1. The van der Waals surface area contributed by atoms with Crippen molar-refractivity contribution < 1.29 is 22.7 Å². The van der Waals surface area contributed by atoms with Crippen LogP contribution in [0.5, 0.6) is 5.75 Å². The number of likely N-dealkylation sites (tertiary alicyclic amines) is 2. The highest BCUT2D eigenvalue weighted by Gasteiger charge is 2.43. The van der Waals surface area contributed by atoms with Crippen molar-refractivity contribution in [1.29, 1.82) is 0 Å². The Morgan fingerprint density at radius 3 is 2.37 bits per heavy atom. The molecule has 0 saturated carbocycles. The molecule has 1 aromatic carbocycles. The average molecular weight is 535 g/mol. The molecular formula is C29H41F3N4O2. The lowest BCUT2D eigenvalue weighted by atomic mass is 9.96. The van der Waals surface area contributed by atoms with Gasteiger partial charge >= 0.3 is 6.18 Å². The van der Waals surface area contributed by atoms with Crippen molar-refractivity contribution in [3.63, 3.8) is 0 Å². The number of unbranched alkanes of at least 4 members (excludes halogenated alkanes) is 1. The van der Waals surface area contributed by atoms with Gasteiger partial charge in [0.15, 0.2) is 6.29 Å². The van der Waals surface area contributed by atoms with Crippen molar-refractivity contribution in [2.75, 3.05) is 47.4 Å². The molecule has 210 valence electrons. The number of piperazine rings is 1. The number of aldehydes is 1. The molecule has 2 fully saturated rings. The second-order valence-electron chi connectivity index (χ2n) is 10.7. The van der Waals surface area contributed by atoms with E-state index >= 15 is 0 Å². The molecule has 38 heavy (non-hydrogen) atoms. The van der Waals surface area contributed by atoms with Gasteiger partial charge in [0.2, 0.25) is 0 Å². The first-order valence-electron chi connectivity index (χ1n) is 13.2. The molecule has 2 aromatic rings. The van der Waals surface area contributed by atoms with E-state index in [1.165, 1.54) is 42.6 Å². The summed E-state index contributed by atoms with van der Waals surface area (Å²) in [5, 5.41) is 0. The zero-order valence-corrected chi connectivity index (χ0v) is 23.4. The van der Waals surface area contributed by atoms with Crippen LogP contribution >= 0.6 is 0 Å². The van der Waals surface area contributed by atoms with Gasteiger partial charge in [-0.2, -0.15) is 13.2 Å². The maximum Gasteiger partial charge on any atom is 0.417 e. The molecule has 1 aromatic heterocycles. The van der Waals surface area contributed by atoms with Crippen molar-refractivity contribution in [1.82, 2.24) is 19.7 Å². The van der Waals surface area contributed by atoms with Crippen LogP contribution in [0.15, 0.2) is 30.5 Å². The van der Waals surface area contributed by atoms with Crippen LogP contribution in [-0.4, -0.2) is 85.4 Å². The Labute approximate surface area is 224 Å². The number of rotatable bonds is 9. The Hall–Kier alpha value is -2.49. The summed E-state index contributed by atoms with van der Waals surface area (Å²) < 4.78 is 41.8. The SMILES string of the molecule is Cc1c(OCCCCN(C)C)ccc([C@H](C)N2CC3CC2CN3C)c1C.O=Cc1ccc(C(F)(F)F)cn1. The molecule has 0 amide bonds. The summed E-state index contributed by atoms with van der Waals surface area (Å²) in [6.07, 6.45) is 0.261. The van der Waals surface area contributed by atoms with Gasteiger partial charge in [0.05, 0.1) is 12.2 Å². The number of benzene rings is 1. The average Bonchev–Trinajstić information content (AvgIpc) is 3.45. The number of fused-ring (bicyclic) bond motifs is 2. The van der Waals surface area contributed by atoms with Gasteiger partial charge in [-0.15, -0.1) is 0 Å². The van der Waals surface area contributed by atoms with Crippen LogP contribution in [0.2, 0.25) is 0 Å². The molecule has 0 radical (unpaired) electrons. The minimum Gasteiger partial charge on any atom is -0.493 e. The summed E-state index contributed by atoms with van der Waals surface area (Å²) >= 11 is 0. The molecule has 2 saturated heterocycles. The number of carbonyl (C=O) groups excluding carboxylic acids is 1. The topological polar surface area (TPSA) is 48.9 Å². The molecule has 0 spiro atoms. The van der Waals surface area contributed by atoms with Gasteiger partial charge in [0, 0.05) is 37.4 Å². The summed E-state index contributed by atoms with van der Waals surface area (Å²) in [5.41, 5.74) is 3.32. The highest BCUT2D eigenvalue weighted by molar-refractivity contribution is 5.71. The van der Waals surface area contributed by atoms with Crippen molar-refractivity contribution in [3.05, 3.63) is 58.4 Å². The Bertz CT molecular complexity index is 1060. The lowest BCUT2D eigenvalue weighted by Crippen LogP contribution is -2.45. The number of nitrogens with zero attached hydrogens (tertiary/aromatic N) is 4. The van der Waals surface area contributed by atoms with Crippen molar-refractivity contribution in [2.45, 2.75) is 64.3 Å². The smallest absolute Gasteiger partial charge is 0.417 e. The second kappa shape index (κ2) is 13.0. The lowest BCUT2D eigenvalue weighted by molar-refractivity contribution is -0.137. The highest BCUT2D eigenvalue weighted by Crippen LogP contribution is 2.38. The fourth-order valence-corrected chi connectivity index (χ4v) is 5.33. The van der Waals surface area contributed by atoms with Crippen molar-refractivity contribution >= 4 is 6.29 Å². The van der Waals surface area contributed by atoms with Gasteiger partial charge in [-0.3, -0.25) is 14.7 Å². The number of halogens is 3. The zero-order chi connectivity index (χ0) is 28.0. The predicted octanol–water partition coefficient (Wildman–Crippen LogP) is 5.39. The third-order valence-electron chi connectivity index (χ3n) is 7.78. The van der Waals surface area contributed by atoms with Gasteiger partial charge in [-0.05, 0) is 103 Å². The number of hydrogen-bond acceptors (Lipinski definition) is 6. The van der Waals surface area contributed by atoms with Crippen LogP contribution in [0.3, 0.4) is 0 Å². The molecule has 3 heterocycles. The standard InChI is InChI=1S/C22H37N3O.C7H4F3NO/c1-16-17(2)22(26-12-8-7-11-23(4)5)10-9-21(16)18(3)25-15-19-13-20(25)14-24(19)6;8-7(9,10)5-1-2-6(4-12)11-3-5/h9-10,18-20H,7-8,11-15H2,1-6H3;1-4H/t18-,19?,20?;/m0./s1. The molecule has 2 unspecified atom stereocenters. The third kappa shape index (κ3) is 7.55. The Kier molecular flexibility index (Phi) is 10.3. The monoisotopic (exact) mass is 534 g/mol. The quantitative estimate of drug-likeness (QED) is 0.318. The van der Waals surface area contributed by atoms with E-state index in [0.717, 1.165) is 49.5 Å². The van der Waals surface area contributed by atoms with E-state index in [1.807, 2.05) is 0 Å². The maximum absolute atomic E-state index is 11.9. The van der Waals surface area contributed by atoms with E-state index in [2.05, 4.69) is 73.7 Å². The van der Waals surface area contributed by atoms with E-state index in [-0.39, 0.29) is 5.69 Å². The van der Waals surface area contributed by atoms with E-state index in [1.54, 1.807) is 0 Å². The number of ether oxygens (including phenoxy) is 1. The molecule has 2 bridgehead atoms. The van der Waals surface area contributed by atoms with Gasteiger partial charge in [-0.25, -0.2) is 0 Å². The van der Waals surface area contributed by atoms with Crippen LogP contribution in [0, 0.1) is 13.8 Å². The maximum atomic E-state index is 11.9. The molecule has 2 aliphatic heterocycles. The Morgan fingerprint density at radius 2 is 1.84 bits per heavy atom. The van der Waals surface area contributed by atoms with Crippen LogP contribution < -0.4 is 4.74 Å². The number of hydrogen-bond donors (Lipinski definition) is 0. The molecular weight excluding hydrogens is 493 g/mol. The highest BCUT2D eigenvalue weighted by atomic mass is 19.4. The second-order valence-corrected chi connectivity index (χ2v) is 10.7. The van der Waals surface area contributed by atoms with E-state index < -0.39 is 11.7 Å². The summed E-state index contributed by atoms with van der Waals surface area (Å²) in [6.45, 7) is 11.2. The Morgan fingerprint density at radius 1 is 1.11 bits per heavy atom. The van der Waals surface area contributed by atoms with Gasteiger partial charge in [-0.1, -0.05) is 6.07 Å². The summed E-state index contributed by atoms with van der Waals surface area (Å²) in [7, 11) is 6.52.